The molecule has 3 heterocycles. The lowest BCUT2D eigenvalue weighted by Crippen LogP contribution is -2.30. The van der Waals surface area contributed by atoms with E-state index in [1.54, 1.807) is 6.20 Å². The van der Waals surface area contributed by atoms with E-state index in [0.29, 0.717) is 30.2 Å². The SMILES string of the molecule is C[C@@H](Nc1ccn2ncc(C3=NCCON3)c2n1)c1cc(F)cc(C(F)(F)F)c1F. The Bertz CT molecular complexity index is 1130. The average Bonchev–Trinajstić information content (AvgIpc) is 3.12. The number of rotatable bonds is 4. The van der Waals surface area contributed by atoms with Crippen molar-refractivity contribution in [2.24, 2.45) is 4.99 Å². The van der Waals surface area contributed by atoms with Crippen LogP contribution in [0.2, 0.25) is 0 Å². The van der Waals surface area contributed by atoms with E-state index in [1.165, 1.54) is 23.7 Å². The molecule has 12 heteroatoms. The minimum atomic E-state index is -5.01. The number of alkyl halides is 3. The van der Waals surface area contributed by atoms with E-state index in [-0.39, 0.29) is 11.9 Å². The van der Waals surface area contributed by atoms with Crippen molar-refractivity contribution in [1.29, 1.82) is 0 Å². The largest absolute Gasteiger partial charge is 0.419 e. The molecule has 30 heavy (non-hydrogen) atoms. The van der Waals surface area contributed by atoms with Gasteiger partial charge in [0.2, 0.25) is 0 Å². The number of hydroxylamine groups is 1. The Morgan fingerprint density at radius 2 is 2.07 bits per heavy atom. The number of benzene rings is 1. The molecule has 0 saturated carbocycles. The van der Waals surface area contributed by atoms with Crippen LogP contribution in [0, 0.1) is 11.6 Å². The van der Waals surface area contributed by atoms with Gasteiger partial charge in [0, 0.05) is 11.8 Å². The third-order valence-corrected chi connectivity index (χ3v) is 4.46. The number of aliphatic imine (C=N–C) groups is 1. The molecule has 0 saturated heterocycles. The molecule has 1 aromatic carbocycles. The predicted molar refractivity (Wildman–Crippen MR) is 96.9 cm³/mol. The summed E-state index contributed by atoms with van der Waals surface area (Å²) in [6.07, 6.45) is -1.92. The zero-order valence-corrected chi connectivity index (χ0v) is 15.5. The molecule has 2 aromatic heterocycles. The Morgan fingerprint density at radius 1 is 1.27 bits per heavy atom. The normalized spacial score (nSPS) is 15.6. The molecule has 0 spiro atoms. The summed E-state index contributed by atoms with van der Waals surface area (Å²) in [6.45, 7) is 2.27. The summed E-state index contributed by atoms with van der Waals surface area (Å²) in [4.78, 5) is 13.8. The van der Waals surface area contributed by atoms with Crippen molar-refractivity contribution in [2.75, 3.05) is 18.5 Å². The molecule has 2 N–H and O–H groups in total. The number of fused-ring (bicyclic) bond motifs is 1. The lowest BCUT2D eigenvalue weighted by molar-refractivity contribution is -0.140. The summed E-state index contributed by atoms with van der Waals surface area (Å²) < 4.78 is 68.5. The summed E-state index contributed by atoms with van der Waals surface area (Å²) in [6, 6.07) is 1.36. The standard InChI is InChI=1S/C18H15F5N6O/c1-9(11-6-10(19)7-13(15(11)20)18(21,22)23)26-14-2-4-29-17(27-14)12(8-25-29)16-24-3-5-30-28-16/h2,4,6-9H,3,5H2,1H3,(H,24,28)(H,26,27)/t9-/m1/s1. The van der Waals surface area contributed by atoms with Gasteiger partial charge in [0.25, 0.3) is 0 Å². The first-order valence-corrected chi connectivity index (χ1v) is 8.83. The Hall–Kier alpha value is -3.28. The number of nitrogens with zero attached hydrogens (tertiary/aromatic N) is 4. The fourth-order valence-corrected chi connectivity index (χ4v) is 3.04. The van der Waals surface area contributed by atoms with E-state index in [1.807, 2.05) is 0 Å². The van der Waals surface area contributed by atoms with Crippen LogP contribution < -0.4 is 10.8 Å². The number of amidine groups is 1. The van der Waals surface area contributed by atoms with Crippen molar-refractivity contribution in [3.05, 3.63) is 58.9 Å². The van der Waals surface area contributed by atoms with Gasteiger partial charge >= 0.3 is 6.18 Å². The van der Waals surface area contributed by atoms with E-state index in [2.05, 4.69) is 25.9 Å². The minimum Gasteiger partial charge on any atom is -0.363 e. The second-order valence-electron chi connectivity index (χ2n) is 6.54. The fraction of sp³-hybridized carbons (Fsp3) is 0.278. The lowest BCUT2D eigenvalue weighted by atomic mass is 10.0. The minimum absolute atomic E-state index is 0.133. The van der Waals surface area contributed by atoms with E-state index in [0.717, 1.165) is 6.07 Å². The van der Waals surface area contributed by atoms with Crippen LogP contribution in [0.4, 0.5) is 27.8 Å². The molecule has 0 radical (unpaired) electrons. The van der Waals surface area contributed by atoms with Gasteiger partial charge in [0.1, 0.15) is 17.5 Å². The quantitative estimate of drug-likeness (QED) is 0.625. The summed E-state index contributed by atoms with van der Waals surface area (Å²) in [5.74, 6) is -2.06. The molecule has 0 unspecified atom stereocenters. The maximum absolute atomic E-state index is 14.4. The van der Waals surface area contributed by atoms with E-state index >= 15 is 0 Å². The van der Waals surface area contributed by atoms with Crippen LogP contribution in [0.5, 0.6) is 0 Å². The van der Waals surface area contributed by atoms with Crippen molar-refractivity contribution in [2.45, 2.75) is 19.1 Å². The van der Waals surface area contributed by atoms with Crippen LogP contribution in [0.1, 0.15) is 29.7 Å². The van der Waals surface area contributed by atoms with Crippen molar-refractivity contribution >= 4 is 17.3 Å². The zero-order chi connectivity index (χ0) is 21.5. The second kappa shape index (κ2) is 7.52. The van der Waals surface area contributed by atoms with Gasteiger partial charge in [-0.1, -0.05) is 0 Å². The van der Waals surface area contributed by atoms with Crippen LogP contribution in [0.25, 0.3) is 5.65 Å². The van der Waals surface area contributed by atoms with Crippen molar-refractivity contribution in [3.63, 3.8) is 0 Å². The van der Waals surface area contributed by atoms with Crippen LogP contribution >= 0.6 is 0 Å². The maximum Gasteiger partial charge on any atom is 0.419 e. The molecule has 0 fully saturated rings. The third kappa shape index (κ3) is 3.77. The molecule has 0 amide bonds. The summed E-state index contributed by atoms with van der Waals surface area (Å²) in [5, 5.41) is 6.95. The molecule has 4 rings (SSSR count). The second-order valence-corrected chi connectivity index (χ2v) is 6.54. The average molecular weight is 426 g/mol. The number of aromatic nitrogens is 3. The lowest BCUT2D eigenvalue weighted by Gasteiger charge is -2.19. The van der Waals surface area contributed by atoms with Crippen molar-refractivity contribution < 1.29 is 26.8 Å². The molecule has 1 aliphatic rings. The number of anilines is 1. The van der Waals surface area contributed by atoms with E-state index in [4.69, 9.17) is 4.84 Å². The third-order valence-electron chi connectivity index (χ3n) is 4.46. The van der Waals surface area contributed by atoms with Gasteiger partial charge in [-0.25, -0.2) is 23.8 Å². The monoisotopic (exact) mass is 426 g/mol. The topological polar surface area (TPSA) is 75.8 Å². The summed E-state index contributed by atoms with van der Waals surface area (Å²) >= 11 is 0. The zero-order valence-electron chi connectivity index (χ0n) is 15.5. The highest BCUT2D eigenvalue weighted by atomic mass is 19.4. The maximum atomic E-state index is 14.4. The number of hydrogen-bond donors (Lipinski definition) is 2. The Labute approximate surface area is 166 Å². The first kappa shape index (κ1) is 20.0. The highest BCUT2D eigenvalue weighted by molar-refractivity contribution is 6.03. The first-order valence-electron chi connectivity index (χ1n) is 8.83. The molecule has 7 nitrogen and oxygen atoms in total. The van der Waals surface area contributed by atoms with Gasteiger partial charge in [-0.3, -0.25) is 9.83 Å². The highest BCUT2D eigenvalue weighted by Crippen LogP contribution is 2.35. The first-order chi connectivity index (χ1) is 14.2. The Morgan fingerprint density at radius 3 is 2.77 bits per heavy atom. The van der Waals surface area contributed by atoms with E-state index < -0.39 is 35.0 Å². The number of nitrogens with one attached hydrogen (secondary N) is 2. The number of hydrogen-bond acceptors (Lipinski definition) is 6. The molecular formula is C18H15F5N6O. The van der Waals surface area contributed by atoms with Crippen LogP contribution in [0.15, 0.2) is 35.6 Å². The van der Waals surface area contributed by atoms with Crippen LogP contribution in [-0.2, 0) is 11.0 Å². The Kier molecular flexibility index (Phi) is 5.02. The molecular weight excluding hydrogens is 411 g/mol. The van der Waals surface area contributed by atoms with Crippen LogP contribution in [-0.4, -0.2) is 33.6 Å². The number of halogens is 5. The van der Waals surface area contributed by atoms with Gasteiger partial charge in [-0.15, -0.1) is 0 Å². The van der Waals surface area contributed by atoms with Gasteiger partial charge in [-0.2, -0.15) is 18.3 Å². The van der Waals surface area contributed by atoms with Gasteiger partial charge in [-0.05, 0) is 25.1 Å². The molecule has 3 aromatic rings. The highest BCUT2D eigenvalue weighted by Gasteiger charge is 2.36. The van der Waals surface area contributed by atoms with Crippen molar-refractivity contribution in [3.8, 4) is 0 Å². The molecule has 158 valence electrons. The van der Waals surface area contributed by atoms with Crippen LogP contribution in [0.3, 0.4) is 0 Å². The molecule has 0 bridgehead atoms. The summed E-state index contributed by atoms with van der Waals surface area (Å²) in [5.41, 5.74) is 1.48. The van der Waals surface area contributed by atoms with Crippen molar-refractivity contribution in [1.82, 2.24) is 20.1 Å². The molecule has 0 aliphatic carbocycles. The molecule has 1 atom stereocenters. The fourth-order valence-electron chi connectivity index (χ4n) is 3.04. The smallest absolute Gasteiger partial charge is 0.363 e. The van der Waals surface area contributed by atoms with Gasteiger partial charge < -0.3 is 5.32 Å². The Balaban J connectivity index is 1.66. The van der Waals surface area contributed by atoms with Gasteiger partial charge in [0.15, 0.2) is 11.5 Å². The predicted octanol–water partition coefficient (Wildman–Crippen LogP) is 3.48. The summed E-state index contributed by atoms with van der Waals surface area (Å²) in [7, 11) is 0. The molecule has 1 aliphatic heterocycles. The van der Waals surface area contributed by atoms with Gasteiger partial charge in [0.05, 0.1) is 36.5 Å². The van der Waals surface area contributed by atoms with E-state index in [9.17, 15) is 22.0 Å².